The van der Waals surface area contributed by atoms with Crippen LogP contribution in [-0.2, 0) is 0 Å². The average molecular weight is 476 g/mol. The minimum absolute atomic E-state index is 0.110. The zero-order valence-corrected chi connectivity index (χ0v) is 18.2. The molecule has 2 aromatic heterocycles. The molecule has 0 N–H and O–H groups in total. The third kappa shape index (κ3) is 3.73. The highest BCUT2D eigenvalue weighted by Gasteiger charge is 2.19. The van der Waals surface area contributed by atoms with Crippen molar-refractivity contribution in [3.63, 3.8) is 0 Å². The molecule has 4 aromatic rings. The number of hydrogen-bond acceptors (Lipinski definition) is 7. The van der Waals surface area contributed by atoms with Crippen LogP contribution < -0.4 is 14.4 Å². The zero-order valence-electron chi connectivity index (χ0n) is 15.8. The van der Waals surface area contributed by atoms with Crippen molar-refractivity contribution in [2.75, 3.05) is 26.2 Å². The summed E-state index contributed by atoms with van der Waals surface area (Å²) < 4.78 is 17.3. The molecule has 0 spiro atoms. The Bertz CT molecular complexity index is 1180. The lowest BCUT2D eigenvalue weighted by Gasteiger charge is -2.17. The lowest BCUT2D eigenvalue weighted by atomic mass is 10.1. The van der Waals surface area contributed by atoms with Crippen molar-refractivity contribution in [2.24, 2.45) is 0 Å². The fourth-order valence-corrected chi connectivity index (χ4v) is 3.39. The minimum atomic E-state index is 0.110. The summed E-state index contributed by atoms with van der Waals surface area (Å²) in [6.07, 6.45) is 0. The molecule has 29 heavy (non-hydrogen) atoms. The SMILES string of the molecule is COc1cc2nc(Cl)nc(N(C)c3cc(-c4ccc(Br)cc4)no3)c2cc1OC. The van der Waals surface area contributed by atoms with Gasteiger partial charge in [0.1, 0.15) is 11.5 Å². The number of benzene rings is 2. The Kier molecular flexibility index (Phi) is 5.29. The third-order valence-corrected chi connectivity index (χ3v) is 5.14. The Labute approximate surface area is 180 Å². The van der Waals surface area contributed by atoms with Gasteiger partial charge in [-0.3, -0.25) is 4.90 Å². The van der Waals surface area contributed by atoms with Gasteiger partial charge >= 0.3 is 0 Å². The number of halogens is 2. The highest BCUT2D eigenvalue weighted by molar-refractivity contribution is 9.10. The predicted molar refractivity (Wildman–Crippen MR) is 115 cm³/mol. The van der Waals surface area contributed by atoms with Crippen LogP contribution in [0.1, 0.15) is 0 Å². The number of rotatable bonds is 5. The number of aromatic nitrogens is 3. The van der Waals surface area contributed by atoms with Crippen LogP contribution in [0.3, 0.4) is 0 Å². The van der Waals surface area contributed by atoms with Crippen molar-refractivity contribution in [3.8, 4) is 22.8 Å². The van der Waals surface area contributed by atoms with E-state index in [-0.39, 0.29) is 5.28 Å². The molecule has 0 atom stereocenters. The Hall–Kier alpha value is -2.84. The van der Waals surface area contributed by atoms with Gasteiger partial charge in [-0.15, -0.1) is 0 Å². The van der Waals surface area contributed by atoms with Crippen molar-refractivity contribution in [2.45, 2.75) is 0 Å². The second kappa shape index (κ2) is 7.88. The van der Waals surface area contributed by atoms with Gasteiger partial charge in [0.05, 0.1) is 19.7 Å². The maximum atomic E-state index is 6.17. The van der Waals surface area contributed by atoms with E-state index in [0.717, 1.165) is 15.4 Å². The first-order valence-electron chi connectivity index (χ1n) is 8.56. The monoisotopic (exact) mass is 474 g/mol. The summed E-state index contributed by atoms with van der Waals surface area (Å²) in [5.74, 6) is 2.18. The van der Waals surface area contributed by atoms with Crippen LogP contribution in [0.2, 0.25) is 5.28 Å². The molecule has 0 aliphatic rings. The van der Waals surface area contributed by atoms with Gasteiger partial charge < -0.3 is 14.0 Å². The van der Waals surface area contributed by atoms with Gasteiger partial charge in [0.2, 0.25) is 11.2 Å². The van der Waals surface area contributed by atoms with Crippen LogP contribution in [-0.4, -0.2) is 36.4 Å². The molecule has 9 heteroatoms. The Morgan fingerprint density at radius 1 is 1.00 bits per heavy atom. The third-order valence-electron chi connectivity index (χ3n) is 4.44. The standard InChI is InChI=1S/C20H16BrClN4O3/c1-26(18-10-14(25-29-18)11-4-6-12(21)7-5-11)19-13-8-16(27-2)17(28-3)9-15(13)23-20(22)24-19/h4-10H,1-3H3. The summed E-state index contributed by atoms with van der Waals surface area (Å²) in [6.45, 7) is 0. The summed E-state index contributed by atoms with van der Waals surface area (Å²) in [6, 6.07) is 13.2. The molecule has 7 nitrogen and oxygen atoms in total. The van der Waals surface area contributed by atoms with Gasteiger partial charge in [0, 0.05) is 34.6 Å². The second-order valence-electron chi connectivity index (χ2n) is 6.16. The predicted octanol–water partition coefficient (Wildman–Crippen LogP) is 5.49. The molecule has 2 aromatic carbocycles. The number of methoxy groups -OCH3 is 2. The first kappa shape index (κ1) is 19.5. The van der Waals surface area contributed by atoms with Crippen molar-refractivity contribution < 1.29 is 14.0 Å². The van der Waals surface area contributed by atoms with Crippen molar-refractivity contribution in [1.82, 2.24) is 15.1 Å². The van der Waals surface area contributed by atoms with Crippen molar-refractivity contribution in [1.29, 1.82) is 0 Å². The summed E-state index contributed by atoms with van der Waals surface area (Å²) in [5.41, 5.74) is 2.27. The molecule has 0 saturated heterocycles. The van der Waals surface area contributed by atoms with E-state index in [9.17, 15) is 0 Å². The topological polar surface area (TPSA) is 73.5 Å². The van der Waals surface area contributed by atoms with E-state index in [1.807, 2.05) is 43.4 Å². The van der Waals surface area contributed by atoms with E-state index in [1.165, 1.54) is 0 Å². The van der Waals surface area contributed by atoms with Gasteiger partial charge in [-0.05, 0) is 29.8 Å². The Balaban J connectivity index is 1.79. The molecule has 0 unspecified atom stereocenters. The summed E-state index contributed by atoms with van der Waals surface area (Å²) in [7, 11) is 4.96. The molecule has 4 rings (SSSR count). The molecule has 0 saturated carbocycles. The molecule has 2 heterocycles. The average Bonchev–Trinajstić information content (AvgIpc) is 3.22. The second-order valence-corrected chi connectivity index (χ2v) is 7.41. The molecular weight excluding hydrogens is 460 g/mol. The lowest BCUT2D eigenvalue weighted by molar-refractivity contribution is 0.356. The number of nitrogens with zero attached hydrogens (tertiary/aromatic N) is 4. The molecule has 0 radical (unpaired) electrons. The van der Waals surface area contributed by atoms with Gasteiger partial charge in [-0.2, -0.15) is 4.98 Å². The van der Waals surface area contributed by atoms with Crippen LogP contribution in [0.5, 0.6) is 11.5 Å². The summed E-state index contributed by atoms with van der Waals surface area (Å²) in [4.78, 5) is 10.5. The Morgan fingerprint density at radius 2 is 1.69 bits per heavy atom. The summed E-state index contributed by atoms with van der Waals surface area (Å²) >= 11 is 9.60. The quantitative estimate of drug-likeness (QED) is 0.354. The molecule has 0 fully saturated rings. The maximum absolute atomic E-state index is 6.17. The van der Waals surface area contributed by atoms with Crippen LogP contribution in [0.15, 0.2) is 51.5 Å². The van der Waals surface area contributed by atoms with E-state index in [0.29, 0.717) is 34.4 Å². The van der Waals surface area contributed by atoms with Crippen LogP contribution in [0.4, 0.5) is 11.7 Å². The summed E-state index contributed by atoms with van der Waals surface area (Å²) in [5, 5.41) is 5.02. The van der Waals surface area contributed by atoms with Crippen molar-refractivity contribution >= 4 is 50.1 Å². The van der Waals surface area contributed by atoms with Crippen molar-refractivity contribution in [3.05, 3.63) is 52.2 Å². The fourth-order valence-electron chi connectivity index (χ4n) is 2.95. The van der Waals surface area contributed by atoms with Crippen LogP contribution in [0.25, 0.3) is 22.2 Å². The lowest BCUT2D eigenvalue weighted by Crippen LogP contribution is -2.12. The molecule has 148 valence electrons. The number of fused-ring (bicyclic) bond motifs is 1. The smallest absolute Gasteiger partial charge is 0.233 e. The first-order valence-corrected chi connectivity index (χ1v) is 9.73. The fraction of sp³-hybridized carbons (Fsp3) is 0.150. The largest absolute Gasteiger partial charge is 0.493 e. The van der Waals surface area contributed by atoms with Gasteiger partial charge in [0.25, 0.3) is 0 Å². The van der Waals surface area contributed by atoms with Gasteiger partial charge in [-0.25, -0.2) is 4.98 Å². The van der Waals surface area contributed by atoms with E-state index >= 15 is 0 Å². The number of hydrogen-bond donors (Lipinski definition) is 0. The minimum Gasteiger partial charge on any atom is -0.493 e. The van der Waals surface area contributed by atoms with E-state index in [1.54, 1.807) is 25.2 Å². The molecule has 0 aliphatic carbocycles. The highest BCUT2D eigenvalue weighted by atomic mass is 79.9. The number of anilines is 2. The molecule has 0 amide bonds. The van der Waals surface area contributed by atoms with Crippen LogP contribution in [0, 0.1) is 0 Å². The normalized spacial score (nSPS) is 10.9. The van der Waals surface area contributed by atoms with Gasteiger partial charge in [0.15, 0.2) is 11.5 Å². The van der Waals surface area contributed by atoms with Crippen LogP contribution >= 0.6 is 27.5 Å². The molecular formula is C20H16BrClN4O3. The van der Waals surface area contributed by atoms with E-state index in [2.05, 4.69) is 31.1 Å². The highest BCUT2D eigenvalue weighted by Crippen LogP contribution is 2.37. The number of ether oxygens (including phenoxy) is 2. The molecule has 0 aliphatic heterocycles. The van der Waals surface area contributed by atoms with Gasteiger partial charge in [-0.1, -0.05) is 33.2 Å². The Morgan fingerprint density at radius 3 is 2.38 bits per heavy atom. The van der Waals surface area contributed by atoms with E-state index in [4.69, 9.17) is 25.6 Å². The first-order chi connectivity index (χ1) is 14.0. The van der Waals surface area contributed by atoms with E-state index < -0.39 is 0 Å². The molecule has 0 bridgehead atoms. The zero-order chi connectivity index (χ0) is 20.5. The maximum Gasteiger partial charge on any atom is 0.233 e.